The molecular weight excluding hydrogens is 234 g/mol. The van der Waals surface area contributed by atoms with Crippen molar-refractivity contribution in [3.63, 3.8) is 0 Å². The quantitative estimate of drug-likeness (QED) is 0.745. The molecule has 0 spiro atoms. The summed E-state index contributed by atoms with van der Waals surface area (Å²) < 4.78 is 0.773. The molecule has 1 aromatic carbocycles. The molecule has 13 heavy (non-hydrogen) atoms. The standard InChI is InChI=1S/C9H10BrNO2/c1-4-3-6(9(12)13)5(2)8(11)7(4)10/h3H,11H2,1-2H3,(H,12,13). The topological polar surface area (TPSA) is 63.3 Å². The second-order valence-corrected chi connectivity index (χ2v) is 3.69. The minimum Gasteiger partial charge on any atom is -0.478 e. The summed E-state index contributed by atoms with van der Waals surface area (Å²) in [5.41, 5.74) is 7.91. The van der Waals surface area contributed by atoms with Crippen LogP contribution in [0, 0.1) is 13.8 Å². The number of rotatable bonds is 1. The van der Waals surface area contributed by atoms with E-state index in [4.69, 9.17) is 10.8 Å². The number of aryl methyl sites for hydroxylation is 1. The van der Waals surface area contributed by atoms with Crippen LogP contribution in [-0.4, -0.2) is 11.1 Å². The number of aromatic carboxylic acids is 1. The number of carbonyl (C=O) groups is 1. The zero-order chi connectivity index (χ0) is 10.2. The van der Waals surface area contributed by atoms with Crippen molar-refractivity contribution in [1.29, 1.82) is 0 Å². The number of nitrogens with two attached hydrogens (primary N) is 1. The Balaban J connectivity index is 3.50. The monoisotopic (exact) mass is 243 g/mol. The molecule has 0 aliphatic carbocycles. The first-order valence-corrected chi connectivity index (χ1v) is 4.53. The highest BCUT2D eigenvalue weighted by Crippen LogP contribution is 2.29. The van der Waals surface area contributed by atoms with Gasteiger partial charge in [0.05, 0.1) is 5.56 Å². The van der Waals surface area contributed by atoms with Crippen LogP contribution in [0.5, 0.6) is 0 Å². The first-order valence-electron chi connectivity index (χ1n) is 3.73. The van der Waals surface area contributed by atoms with Crippen LogP contribution in [0.2, 0.25) is 0 Å². The number of carboxylic acid groups (broad SMARTS) is 1. The van der Waals surface area contributed by atoms with Crippen molar-refractivity contribution in [2.45, 2.75) is 13.8 Å². The summed E-state index contributed by atoms with van der Waals surface area (Å²) in [6, 6.07) is 1.61. The Labute approximate surface area is 84.7 Å². The summed E-state index contributed by atoms with van der Waals surface area (Å²) in [5, 5.41) is 8.83. The van der Waals surface area contributed by atoms with Crippen molar-refractivity contribution in [3.8, 4) is 0 Å². The molecule has 0 aromatic heterocycles. The second kappa shape index (κ2) is 3.38. The third-order valence-electron chi connectivity index (χ3n) is 1.98. The van der Waals surface area contributed by atoms with Gasteiger partial charge < -0.3 is 10.8 Å². The van der Waals surface area contributed by atoms with Crippen molar-refractivity contribution in [3.05, 3.63) is 27.2 Å². The normalized spacial score (nSPS) is 10.1. The van der Waals surface area contributed by atoms with Crippen LogP contribution in [0.4, 0.5) is 5.69 Å². The Kier molecular flexibility index (Phi) is 2.61. The molecule has 1 rings (SSSR count). The van der Waals surface area contributed by atoms with Crippen LogP contribution >= 0.6 is 15.9 Å². The molecule has 3 N–H and O–H groups in total. The average molecular weight is 244 g/mol. The number of anilines is 1. The van der Waals surface area contributed by atoms with Crippen molar-refractivity contribution < 1.29 is 9.90 Å². The first kappa shape index (κ1) is 10.1. The van der Waals surface area contributed by atoms with Gasteiger partial charge in [-0.2, -0.15) is 0 Å². The maximum absolute atomic E-state index is 10.8. The number of nitrogen functional groups attached to an aromatic ring is 1. The minimum absolute atomic E-state index is 0.262. The van der Waals surface area contributed by atoms with Crippen molar-refractivity contribution >= 4 is 27.6 Å². The number of hydrogen-bond donors (Lipinski definition) is 2. The van der Waals surface area contributed by atoms with Gasteiger partial charge in [0.2, 0.25) is 0 Å². The molecule has 70 valence electrons. The lowest BCUT2D eigenvalue weighted by atomic mass is 10.0. The van der Waals surface area contributed by atoms with Crippen LogP contribution < -0.4 is 5.73 Å². The molecule has 1 aromatic rings. The predicted octanol–water partition coefficient (Wildman–Crippen LogP) is 2.35. The van der Waals surface area contributed by atoms with E-state index >= 15 is 0 Å². The van der Waals surface area contributed by atoms with E-state index in [0.29, 0.717) is 11.3 Å². The van der Waals surface area contributed by atoms with E-state index in [1.807, 2.05) is 6.92 Å². The molecule has 3 nitrogen and oxygen atoms in total. The predicted molar refractivity (Wildman–Crippen MR) is 55.0 cm³/mol. The Bertz CT molecular complexity index is 374. The summed E-state index contributed by atoms with van der Waals surface area (Å²) in [6.07, 6.45) is 0. The lowest BCUT2D eigenvalue weighted by molar-refractivity contribution is 0.0696. The maximum Gasteiger partial charge on any atom is 0.336 e. The van der Waals surface area contributed by atoms with Crippen molar-refractivity contribution in [2.75, 3.05) is 5.73 Å². The Hall–Kier alpha value is -1.03. The summed E-state index contributed by atoms with van der Waals surface area (Å²) in [6.45, 7) is 3.51. The van der Waals surface area contributed by atoms with Crippen LogP contribution in [0.3, 0.4) is 0 Å². The average Bonchev–Trinajstić information content (AvgIpc) is 2.07. The summed E-state index contributed by atoms with van der Waals surface area (Å²) in [4.78, 5) is 10.8. The highest BCUT2D eigenvalue weighted by molar-refractivity contribution is 9.10. The molecular formula is C9H10BrNO2. The smallest absolute Gasteiger partial charge is 0.336 e. The van der Waals surface area contributed by atoms with Gasteiger partial charge in [0.1, 0.15) is 0 Å². The molecule has 0 bridgehead atoms. The highest BCUT2D eigenvalue weighted by Gasteiger charge is 2.13. The van der Waals surface area contributed by atoms with E-state index in [9.17, 15) is 4.79 Å². The third kappa shape index (κ3) is 1.67. The SMILES string of the molecule is Cc1cc(C(=O)O)c(C)c(N)c1Br. The molecule has 0 saturated heterocycles. The summed E-state index contributed by atoms with van der Waals surface area (Å²) >= 11 is 3.30. The van der Waals surface area contributed by atoms with E-state index in [0.717, 1.165) is 10.0 Å². The molecule has 0 atom stereocenters. The maximum atomic E-state index is 10.8. The van der Waals surface area contributed by atoms with Gasteiger partial charge in [0.25, 0.3) is 0 Å². The second-order valence-electron chi connectivity index (χ2n) is 2.90. The number of carboxylic acids is 1. The first-order chi connectivity index (χ1) is 5.95. The fourth-order valence-electron chi connectivity index (χ4n) is 1.13. The zero-order valence-electron chi connectivity index (χ0n) is 7.39. The summed E-state index contributed by atoms with van der Waals surface area (Å²) in [5.74, 6) is -0.945. The van der Waals surface area contributed by atoms with E-state index in [2.05, 4.69) is 15.9 Å². The van der Waals surface area contributed by atoms with E-state index in [1.54, 1.807) is 13.0 Å². The van der Waals surface area contributed by atoms with Crippen molar-refractivity contribution in [2.24, 2.45) is 0 Å². The lowest BCUT2D eigenvalue weighted by Crippen LogP contribution is -2.04. The third-order valence-corrected chi connectivity index (χ3v) is 3.03. The number of benzene rings is 1. The largest absolute Gasteiger partial charge is 0.478 e. The van der Waals surface area contributed by atoms with E-state index in [-0.39, 0.29) is 5.56 Å². The van der Waals surface area contributed by atoms with Gasteiger partial charge in [-0.3, -0.25) is 0 Å². The van der Waals surface area contributed by atoms with Gasteiger partial charge in [-0.15, -0.1) is 0 Å². The van der Waals surface area contributed by atoms with Crippen LogP contribution in [0.25, 0.3) is 0 Å². The lowest BCUT2D eigenvalue weighted by Gasteiger charge is -2.09. The molecule has 0 radical (unpaired) electrons. The molecule has 0 aliphatic rings. The van der Waals surface area contributed by atoms with Crippen LogP contribution in [0.1, 0.15) is 21.5 Å². The van der Waals surface area contributed by atoms with Gasteiger partial charge in [-0.05, 0) is 47.0 Å². The summed E-state index contributed by atoms with van der Waals surface area (Å²) in [7, 11) is 0. The number of halogens is 1. The number of hydrogen-bond acceptors (Lipinski definition) is 2. The van der Waals surface area contributed by atoms with E-state index in [1.165, 1.54) is 0 Å². The van der Waals surface area contributed by atoms with Crippen molar-refractivity contribution in [1.82, 2.24) is 0 Å². The minimum atomic E-state index is -0.945. The zero-order valence-corrected chi connectivity index (χ0v) is 8.97. The Morgan fingerprint density at radius 2 is 2.08 bits per heavy atom. The Morgan fingerprint density at radius 1 is 1.54 bits per heavy atom. The molecule has 0 heterocycles. The fraction of sp³-hybridized carbons (Fsp3) is 0.222. The molecule has 0 fully saturated rings. The van der Waals surface area contributed by atoms with Gasteiger partial charge in [-0.25, -0.2) is 4.79 Å². The molecule has 0 unspecified atom stereocenters. The highest BCUT2D eigenvalue weighted by atomic mass is 79.9. The van der Waals surface area contributed by atoms with E-state index < -0.39 is 5.97 Å². The Morgan fingerprint density at radius 3 is 2.54 bits per heavy atom. The van der Waals surface area contributed by atoms with Crippen LogP contribution in [0.15, 0.2) is 10.5 Å². The van der Waals surface area contributed by atoms with Gasteiger partial charge in [0, 0.05) is 10.2 Å². The molecule has 0 amide bonds. The fourth-order valence-corrected chi connectivity index (χ4v) is 1.54. The molecule has 0 saturated carbocycles. The van der Waals surface area contributed by atoms with Gasteiger partial charge in [-0.1, -0.05) is 0 Å². The molecule has 0 aliphatic heterocycles. The van der Waals surface area contributed by atoms with Gasteiger partial charge >= 0.3 is 5.97 Å². The van der Waals surface area contributed by atoms with Crippen LogP contribution in [-0.2, 0) is 0 Å². The molecule has 4 heteroatoms. The van der Waals surface area contributed by atoms with Gasteiger partial charge in [0.15, 0.2) is 0 Å².